The molecule has 1 atom stereocenters. The largest absolute Gasteiger partial charge is 0.507 e. The van der Waals surface area contributed by atoms with Gasteiger partial charge in [-0.1, -0.05) is 94.9 Å². The van der Waals surface area contributed by atoms with Gasteiger partial charge in [0, 0.05) is 16.3 Å². The summed E-state index contributed by atoms with van der Waals surface area (Å²) in [6, 6.07) is 26.8. The van der Waals surface area contributed by atoms with E-state index in [4.69, 9.17) is 16.3 Å². The summed E-state index contributed by atoms with van der Waals surface area (Å²) in [5.41, 5.74) is 3.46. The van der Waals surface area contributed by atoms with Gasteiger partial charge < -0.3 is 9.84 Å². The molecule has 6 rings (SSSR count). The molecular formula is C34H25ClFN3O4S2. The Morgan fingerprint density at radius 1 is 1.00 bits per heavy atom. The van der Waals surface area contributed by atoms with Crippen molar-refractivity contribution >= 4 is 57.3 Å². The van der Waals surface area contributed by atoms with E-state index in [1.807, 2.05) is 31.2 Å². The van der Waals surface area contributed by atoms with Crippen LogP contribution < -0.4 is 9.64 Å². The minimum atomic E-state index is -0.989. The van der Waals surface area contributed by atoms with Gasteiger partial charge in [-0.25, -0.2) is 4.39 Å². The molecule has 0 spiro atoms. The van der Waals surface area contributed by atoms with Gasteiger partial charge in [0.1, 0.15) is 23.9 Å². The van der Waals surface area contributed by atoms with Crippen molar-refractivity contribution in [2.24, 2.45) is 0 Å². The van der Waals surface area contributed by atoms with Crippen molar-refractivity contribution in [2.45, 2.75) is 29.7 Å². The number of nitrogens with zero attached hydrogens (tertiary/aromatic N) is 3. The van der Waals surface area contributed by atoms with Gasteiger partial charge in [0.15, 0.2) is 4.34 Å². The lowest BCUT2D eigenvalue weighted by Crippen LogP contribution is -2.29. The number of aliphatic hydroxyl groups excluding tert-OH is 1. The molecular weight excluding hydrogens is 633 g/mol. The van der Waals surface area contributed by atoms with Crippen LogP contribution in [0.4, 0.5) is 9.52 Å². The summed E-state index contributed by atoms with van der Waals surface area (Å²) in [6.45, 7) is 2.39. The second-order valence-corrected chi connectivity index (χ2v) is 12.9. The van der Waals surface area contributed by atoms with Crippen LogP contribution in [0, 0.1) is 12.7 Å². The van der Waals surface area contributed by atoms with Crippen LogP contribution in [0.5, 0.6) is 5.75 Å². The fraction of sp³-hybridized carbons (Fsp3) is 0.118. The maximum Gasteiger partial charge on any atom is 0.301 e. The van der Waals surface area contributed by atoms with Crippen LogP contribution in [-0.2, 0) is 21.9 Å². The monoisotopic (exact) mass is 657 g/mol. The second kappa shape index (κ2) is 13.2. The van der Waals surface area contributed by atoms with E-state index in [2.05, 4.69) is 10.2 Å². The zero-order chi connectivity index (χ0) is 31.5. The lowest BCUT2D eigenvalue weighted by Gasteiger charge is -2.22. The molecule has 7 nitrogen and oxygen atoms in total. The lowest BCUT2D eigenvalue weighted by molar-refractivity contribution is -0.132. The number of rotatable bonds is 9. The van der Waals surface area contributed by atoms with E-state index in [-0.39, 0.29) is 22.3 Å². The summed E-state index contributed by atoms with van der Waals surface area (Å²) in [7, 11) is 0. The number of halogens is 2. The second-order valence-electron chi connectivity index (χ2n) is 10.3. The molecule has 1 aromatic heterocycles. The van der Waals surface area contributed by atoms with Crippen molar-refractivity contribution in [2.75, 3.05) is 4.90 Å². The van der Waals surface area contributed by atoms with Gasteiger partial charge >= 0.3 is 5.91 Å². The zero-order valence-corrected chi connectivity index (χ0v) is 26.2. The number of ether oxygens (including phenoxy) is 1. The highest BCUT2D eigenvalue weighted by Crippen LogP contribution is 2.44. The van der Waals surface area contributed by atoms with Gasteiger partial charge in [0.05, 0.1) is 11.6 Å². The number of Topliss-reactive ketones (excluding diaryl/α,β-unsaturated/α-hetero) is 1. The molecule has 0 saturated carbocycles. The zero-order valence-electron chi connectivity index (χ0n) is 23.8. The minimum Gasteiger partial charge on any atom is -0.507 e. The van der Waals surface area contributed by atoms with Crippen molar-refractivity contribution in [1.29, 1.82) is 0 Å². The molecule has 0 bridgehead atoms. The van der Waals surface area contributed by atoms with Gasteiger partial charge in [-0.2, -0.15) is 0 Å². The summed E-state index contributed by atoms with van der Waals surface area (Å²) in [6.07, 6.45) is 0. The van der Waals surface area contributed by atoms with Gasteiger partial charge in [-0.05, 0) is 66.1 Å². The van der Waals surface area contributed by atoms with Crippen LogP contribution in [0.15, 0.2) is 107 Å². The predicted molar refractivity (Wildman–Crippen MR) is 174 cm³/mol. The molecule has 1 aliphatic rings. The number of anilines is 1. The fourth-order valence-electron chi connectivity index (χ4n) is 4.94. The van der Waals surface area contributed by atoms with Crippen molar-refractivity contribution in [3.63, 3.8) is 0 Å². The first-order chi connectivity index (χ1) is 21.8. The number of aryl methyl sites for hydroxylation is 1. The van der Waals surface area contributed by atoms with Crippen LogP contribution in [0.1, 0.15) is 33.9 Å². The Balaban J connectivity index is 1.30. The first kappa shape index (κ1) is 30.5. The third kappa shape index (κ3) is 6.63. The van der Waals surface area contributed by atoms with E-state index in [9.17, 15) is 19.1 Å². The van der Waals surface area contributed by atoms with Gasteiger partial charge in [-0.3, -0.25) is 14.5 Å². The third-order valence-corrected chi connectivity index (χ3v) is 9.51. The summed E-state index contributed by atoms with van der Waals surface area (Å²) < 4.78 is 20.5. The van der Waals surface area contributed by atoms with Crippen LogP contribution in [-0.4, -0.2) is 27.0 Å². The van der Waals surface area contributed by atoms with Crippen molar-refractivity contribution in [1.82, 2.24) is 10.2 Å². The van der Waals surface area contributed by atoms with Gasteiger partial charge in [0.2, 0.25) is 5.13 Å². The maximum atomic E-state index is 14.1. The van der Waals surface area contributed by atoms with E-state index in [1.165, 1.54) is 22.7 Å². The number of aliphatic hydroxyl groups is 1. The van der Waals surface area contributed by atoms with Crippen LogP contribution in [0.25, 0.3) is 5.76 Å². The molecule has 1 unspecified atom stereocenters. The van der Waals surface area contributed by atoms with Gasteiger partial charge in [-0.15, -0.1) is 10.2 Å². The summed E-state index contributed by atoms with van der Waals surface area (Å²) in [5, 5.41) is 20.5. The summed E-state index contributed by atoms with van der Waals surface area (Å²) in [5.74, 6) is -1.48. The molecule has 11 heteroatoms. The van der Waals surface area contributed by atoms with Crippen LogP contribution in [0.3, 0.4) is 0 Å². The van der Waals surface area contributed by atoms with Gasteiger partial charge in [0.25, 0.3) is 5.78 Å². The highest BCUT2D eigenvalue weighted by atomic mass is 35.5. The Morgan fingerprint density at radius 3 is 2.49 bits per heavy atom. The molecule has 1 aliphatic heterocycles. The lowest BCUT2D eigenvalue weighted by atomic mass is 9.95. The fourth-order valence-corrected chi connectivity index (χ4v) is 6.92. The number of carbonyl (C=O) groups is 2. The van der Waals surface area contributed by atoms with Crippen molar-refractivity contribution in [3.8, 4) is 5.75 Å². The molecule has 2 heterocycles. The number of hydrogen-bond acceptors (Lipinski definition) is 8. The molecule has 1 saturated heterocycles. The Bertz CT molecular complexity index is 1910. The molecule has 4 aromatic carbocycles. The Hall–Kier alpha value is -4.51. The Morgan fingerprint density at radius 2 is 1.76 bits per heavy atom. The molecule has 0 aliphatic carbocycles. The highest BCUT2D eigenvalue weighted by Gasteiger charge is 2.48. The standard InChI is InChI=1S/C34H25ClFN3O4S2/c1-20-5-4-6-21(17-20)18-43-26-15-11-23(12-16-26)30(40)28-29(22-9-13-25(35)14-10-22)39(32(42)31(28)41)33-37-38-34(45-33)44-19-24-7-2-3-8-27(24)36/h2-17,29,40H,18-19H2,1H3/b30-28+. The summed E-state index contributed by atoms with van der Waals surface area (Å²) >= 11 is 8.51. The molecule has 1 amide bonds. The van der Waals surface area contributed by atoms with Crippen LogP contribution in [0.2, 0.25) is 5.02 Å². The van der Waals surface area contributed by atoms with E-state index in [0.29, 0.717) is 44.2 Å². The number of thioether (sulfide) groups is 1. The average Bonchev–Trinajstić information content (AvgIpc) is 3.61. The quantitative estimate of drug-likeness (QED) is 0.0562. The molecule has 45 heavy (non-hydrogen) atoms. The molecule has 0 radical (unpaired) electrons. The van der Waals surface area contributed by atoms with Crippen molar-refractivity contribution in [3.05, 3.63) is 141 Å². The predicted octanol–water partition coefficient (Wildman–Crippen LogP) is 8.14. The number of aromatic nitrogens is 2. The third-order valence-electron chi connectivity index (χ3n) is 7.16. The normalized spacial score (nSPS) is 15.9. The highest BCUT2D eigenvalue weighted by molar-refractivity contribution is 8.00. The van der Waals surface area contributed by atoms with E-state index in [0.717, 1.165) is 22.5 Å². The smallest absolute Gasteiger partial charge is 0.301 e. The van der Waals surface area contributed by atoms with Crippen molar-refractivity contribution < 1.29 is 23.8 Å². The number of amides is 1. The Labute approximate surface area is 272 Å². The number of benzene rings is 4. The minimum absolute atomic E-state index is 0.0912. The topological polar surface area (TPSA) is 92.6 Å². The number of carbonyl (C=O) groups excluding carboxylic acids is 2. The van der Waals surface area contributed by atoms with E-state index < -0.39 is 17.7 Å². The first-order valence-corrected chi connectivity index (χ1v) is 16.0. The average molecular weight is 658 g/mol. The number of hydrogen-bond donors (Lipinski definition) is 1. The number of ketones is 1. The maximum absolute atomic E-state index is 14.1. The molecule has 226 valence electrons. The molecule has 5 aromatic rings. The van der Waals surface area contributed by atoms with E-state index in [1.54, 1.807) is 66.7 Å². The van der Waals surface area contributed by atoms with E-state index >= 15 is 0 Å². The SMILES string of the molecule is Cc1cccc(COc2ccc(/C(O)=C3\C(=O)C(=O)N(c4nnc(SCc5ccccc5F)s4)C3c3ccc(Cl)cc3)cc2)c1. The summed E-state index contributed by atoms with van der Waals surface area (Å²) in [4.78, 5) is 28.3. The molecule has 1 N–H and O–H groups in total. The van der Waals surface area contributed by atoms with Crippen LogP contribution >= 0.6 is 34.7 Å². The molecule has 1 fully saturated rings. The first-order valence-electron chi connectivity index (χ1n) is 13.8. The Kier molecular flexibility index (Phi) is 8.97.